The summed E-state index contributed by atoms with van der Waals surface area (Å²) >= 11 is 0. The Bertz CT molecular complexity index is 702. The monoisotopic (exact) mass is 504 g/mol. The van der Waals surface area contributed by atoms with Gasteiger partial charge in [0.15, 0.2) is 24.6 Å². The second kappa shape index (κ2) is 15.0. The van der Waals surface area contributed by atoms with Gasteiger partial charge < -0.3 is 39.1 Å². The highest BCUT2D eigenvalue weighted by atomic mass is 16.7. The fraction of sp³-hybridized carbons (Fsp3) is 0.826. The number of ether oxygens (including phenoxy) is 6. The molecule has 0 amide bonds. The lowest BCUT2D eigenvalue weighted by Gasteiger charge is -2.45. The van der Waals surface area contributed by atoms with E-state index in [1.54, 1.807) is 0 Å². The van der Waals surface area contributed by atoms with Gasteiger partial charge in [0.25, 0.3) is 0 Å². The van der Waals surface area contributed by atoms with Crippen molar-refractivity contribution in [2.24, 2.45) is 0 Å². The van der Waals surface area contributed by atoms with Gasteiger partial charge >= 0.3 is 23.9 Å². The standard InChI is InChI=1S/C23H40N2O10/c1-12(2)24-9-18(10-25-13(3)4)34-23-22(33-17(8)29)21(32-16(7)28)20(31-15(6)27)19(35-23)11-30-14(5)26/h12-13,18-25H,9-11H2,1-8H3/t19-,20-,21+,22-,23-/m1/s1. The van der Waals surface area contributed by atoms with Crippen LogP contribution in [0.4, 0.5) is 0 Å². The third-order valence-electron chi connectivity index (χ3n) is 4.78. The number of hydrogen-bond donors (Lipinski definition) is 2. The lowest BCUT2D eigenvalue weighted by atomic mass is 9.98. The minimum absolute atomic E-state index is 0.176. The fourth-order valence-electron chi connectivity index (χ4n) is 3.39. The molecule has 12 heteroatoms. The lowest BCUT2D eigenvalue weighted by Crippen LogP contribution is -2.64. The van der Waals surface area contributed by atoms with Crippen molar-refractivity contribution >= 4 is 23.9 Å². The van der Waals surface area contributed by atoms with Crippen LogP contribution in [0.1, 0.15) is 55.4 Å². The number of esters is 4. The summed E-state index contributed by atoms with van der Waals surface area (Å²) in [6, 6.07) is 0.353. The Labute approximate surface area is 206 Å². The van der Waals surface area contributed by atoms with Gasteiger partial charge in [-0.25, -0.2) is 0 Å². The highest BCUT2D eigenvalue weighted by Crippen LogP contribution is 2.30. The molecule has 2 N–H and O–H groups in total. The van der Waals surface area contributed by atoms with E-state index >= 15 is 0 Å². The molecule has 0 radical (unpaired) electrons. The molecule has 1 aliphatic rings. The van der Waals surface area contributed by atoms with Crippen molar-refractivity contribution in [2.45, 2.75) is 104 Å². The number of carbonyl (C=O) groups is 4. The smallest absolute Gasteiger partial charge is 0.303 e. The van der Waals surface area contributed by atoms with Crippen LogP contribution in [-0.2, 0) is 47.6 Å². The van der Waals surface area contributed by atoms with E-state index in [0.717, 1.165) is 0 Å². The van der Waals surface area contributed by atoms with E-state index in [0.29, 0.717) is 13.1 Å². The molecule has 0 unspecified atom stereocenters. The quantitative estimate of drug-likeness (QED) is 0.265. The molecular formula is C23H40N2O10. The van der Waals surface area contributed by atoms with Crippen molar-refractivity contribution in [2.75, 3.05) is 19.7 Å². The largest absolute Gasteiger partial charge is 0.463 e. The molecule has 0 saturated carbocycles. The number of hydrogen-bond acceptors (Lipinski definition) is 12. The Hall–Kier alpha value is -2.28. The summed E-state index contributed by atoms with van der Waals surface area (Å²) in [6.45, 7) is 13.3. The Kier molecular flexibility index (Phi) is 13.2. The first-order chi connectivity index (χ1) is 16.3. The van der Waals surface area contributed by atoms with Crippen molar-refractivity contribution < 1.29 is 47.6 Å². The van der Waals surface area contributed by atoms with E-state index in [9.17, 15) is 19.2 Å². The van der Waals surface area contributed by atoms with Crippen LogP contribution in [0.3, 0.4) is 0 Å². The van der Waals surface area contributed by atoms with Gasteiger partial charge in [0, 0.05) is 52.9 Å². The Morgan fingerprint density at radius 1 is 0.714 bits per heavy atom. The molecule has 12 nitrogen and oxygen atoms in total. The zero-order valence-electron chi connectivity index (χ0n) is 21.8. The third kappa shape index (κ3) is 11.8. The summed E-state index contributed by atoms with van der Waals surface area (Å²) in [5, 5.41) is 6.58. The molecule has 202 valence electrons. The molecule has 1 rings (SSSR count). The van der Waals surface area contributed by atoms with Crippen LogP contribution in [0.15, 0.2) is 0 Å². The van der Waals surface area contributed by atoms with Crippen LogP contribution in [0, 0.1) is 0 Å². The molecule has 0 aromatic rings. The first-order valence-corrected chi connectivity index (χ1v) is 11.7. The van der Waals surface area contributed by atoms with Crippen LogP contribution >= 0.6 is 0 Å². The summed E-state index contributed by atoms with van der Waals surface area (Å²) in [7, 11) is 0. The van der Waals surface area contributed by atoms with Gasteiger partial charge in [0.1, 0.15) is 12.7 Å². The minimum atomic E-state index is -1.27. The summed E-state index contributed by atoms with van der Waals surface area (Å²) in [5.41, 5.74) is 0. The zero-order valence-corrected chi connectivity index (χ0v) is 21.8. The molecule has 0 aromatic carbocycles. The molecule has 35 heavy (non-hydrogen) atoms. The molecule has 1 saturated heterocycles. The second-order valence-electron chi connectivity index (χ2n) is 8.95. The Morgan fingerprint density at radius 2 is 1.17 bits per heavy atom. The number of carbonyl (C=O) groups excluding carboxylic acids is 4. The van der Waals surface area contributed by atoms with E-state index in [-0.39, 0.29) is 18.7 Å². The number of nitrogens with one attached hydrogen (secondary N) is 2. The second-order valence-corrected chi connectivity index (χ2v) is 8.95. The Morgan fingerprint density at radius 3 is 1.60 bits per heavy atom. The summed E-state index contributed by atoms with van der Waals surface area (Å²) < 4.78 is 33.6. The maximum Gasteiger partial charge on any atom is 0.303 e. The maximum atomic E-state index is 12.0. The SMILES string of the molecule is CC(=O)OC[C@H]1O[C@@H](OC(CNC(C)C)CNC(C)C)[C@H](OC(C)=O)[C@@H](OC(C)=O)[C@@H]1OC(C)=O. The van der Waals surface area contributed by atoms with Crippen LogP contribution in [-0.4, -0.2) is 92.5 Å². The van der Waals surface area contributed by atoms with Gasteiger partial charge in [0.2, 0.25) is 0 Å². The maximum absolute atomic E-state index is 12.0. The minimum Gasteiger partial charge on any atom is -0.463 e. The van der Waals surface area contributed by atoms with Gasteiger partial charge in [-0.05, 0) is 0 Å². The lowest BCUT2D eigenvalue weighted by molar-refractivity contribution is -0.316. The number of rotatable bonds is 13. The van der Waals surface area contributed by atoms with E-state index in [1.807, 2.05) is 27.7 Å². The average molecular weight is 505 g/mol. The molecule has 0 bridgehead atoms. The van der Waals surface area contributed by atoms with Crippen LogP contribution in [0.25, 0.3) is 0 Å². The van der Waals surface area contributed by atoms with E-state index < -0.39 is 60.7 Å². The molecule has 0 aromatic heterocycles. The summed E-state index contributed by atoms with van der Waals surface area (Å²) in [4.78, 5) is 47.2. The van der Waals surface area contributed by atoms with Crippen LogP contribution in [0.2, 0.25) is 0 Å². The predicted molar refractivity (Wildman–Crippen MR) is 123 cm³/mol. The normalized spacial score (nSPS) is 24.4. The van der Waals surface area contributed by atoms with Crippen molar-refractivity contribution in [3.63, 3.8) is 0 Å². The van der Waals surface area contributed by atoms with E-state index in [4.69, 9.17) is 28.4 Å². The average Bonchev–Trinajstić information content (AvgIpc) is 2.71. The molecule has 0 spiro atoms. The molecule has 5 atom stereocenters. The topological polar surface area (TPSA) is 148 Å². The van der Waals surface area contributed by atoms with Crippen LogP contribution < -0.4 is 10.6 Å². The van der Waals surface area contributed by atoms with Crippen LogP contribution in [0.5, 0.6) is 0 Å². The van der Waals surface area contributed by atoms with Crippen molar-refractivity contribution in [1.29, 1.82) is 0 Å². The highest BCUT2D eigenvalue weighted by molar-refractivity contribution is 5.68. The van der Waals surface area contributed by atoms with Gasteiger partial charge in [-0.1, -0.05) is 27.7 Å². The van der Waals surface area contributed by atoms with Gasteiger partial charge in [-0.15, -0.1) is 0 Å². The van der Waals surface area contributed by atoms with Gasteiger partial charge in [-0.2, -0.15) is 0 Å². The zero-order chi connectivity index (χ0) is 26.7. The molecule has 0 aliphatic carbocycles. The molecular weight excluding hydrogens is 464 g/mol. The van der Waals surface area contributed by atoms with Gasteiger partial charge in [0.05, 0.1) is 6.10 Å². The molecule has 1 fully saturated rings. The van der Waals surface area contributed by atoms with Gasteiger partial charge in [-0.3, -0.25) is 19.2 Å². The van der Waals surface area contributed by atoms with E-state index in [1.165, 1.54) is 27.7 Å². The molecule has 1 heterocycles. The fourth-order valence-corrected chi connectivity index (χ4v) is 3.39. The highest BCUT2D eigenvalue weighted by Gasteiger charge is 2.53. The first kappa shape index (κ1) is 30.8. The summed E-state index contributed by atoms with van der Waals surface area (Å²) in [5.74, 6) is -2.65. The Balaban J connectivity index is 3.35. The summed E-state index contributed by atoms with van der Waals surface area (Å²) in [6.07, 6.45) is -6.46. The predicted octanol–water partition coefficient (Wildman–Crippen LogP) is 0.451. The first-order valence-electron chi connectivity index (χ1n) is 11.7. The third-order valence-corrected chi connectivity index (χ3v) is 4.78. The van der Waals surface area contributed by atoms with E-state index in [2.05, 4.69) is 10.6 Å². The van der Waals surface area contributed by atoms with Crippen molar-refractivity contribution in [3.8, 4) is 0 Å². The molecule has 1 aliphatic heterocycles. The van der Waals surface area contributed by atoms with Crippen molar-refractivity contribution in [3.05, 3.63) is 0 Å². The van der Waals surface area contributed by atoms with Crippen molar-refractivity contribution in [1.82, 2.24) is 10.6 Å².